The Morgan fingerprint density at radius 1 is 1.06 bits per heavy atom. The van der Waals surface area contributed by atoms with E-state index in [1.807, 2.05) is 48.3 Å². The van der Waals surface area contributed by atoms with Crippen LogP contribution in [0.25, 0.3) is 0 Å². The molecule has 17 heavy (non-hydrogen) atoms. The van der Waals surface area contributed by atoms with Crippen molar-refractivity contribution < 1.29 is 4.39 Å². The number of hydrogen-bond donors (Lipinski definition) is 1. The summed E-state index contributed by atoms with van der Waals surface area (Å²) in [5, 5.41) is 0. The smallest absolute Gasteiger partial charge is 0.148 e. The van der Waals surface area contributed by atoms with Crippen LogP contribution in [0.1, 0.15) is 5.56 Å². The zero-order chi connectivity index (χ0) is 12.3. The molecular formula is C14H15FN2. The van der Waals surface area contributed by atoms with E-state index in [2.05, 4.69) is 0 Å². The Hall–Kier alpha value is -2.03. The van der Waals surface area contributed by atoms with Crippen LogP contribution in [-0.4, -0.2) is 7.05 Å². The fourth-order valence-corrected chi connectivity index (χ4v) is 1.80. The number of halogens is 1. The van der Waals surface area contributed by atoms with Crippen LogP contribution >= 0.6 is 0 Å². The van der Waals surface area contributed by atoms with Crippen LogP contribution in [-0.2, 0) is 6.54 Å². The lowest BCUT2D eigenvalue weighted by atomic mass is 10.2. The maximum atomic E-state index is 13.3. The summed E-state index contributed by atoms with van der Waals surface area (Å²) in [4.78, 5) is 1.94. The summed E-state index contributed by atoms with van der Waals surface area (Å²) in [5.74, 6) is -0.373. The summed E-state index contributed by atoms with van der Waals surface area (Å²) in [6, 6.07) is 14.9. The van der Waals surface area contributed by atoms with Crippen LogP contribution in [0.2, 0.25) is 0 Å². The van der Waals surface area contributed by atoms with Crippen LogP contribution in [0.5, 0.6) is 0 Å². The molecule has 0 aliphatic carbocycles. The van der Waals surface area contributed by atoms with Crippen LogP contribution < -0.4 is 10.6 Å². The molecule has 0 atom stereocenters. The van der Waals surface area contributed by atoms with Crippen molar-refractivity contribution in [1.29, 1.82) is 0 Å². The normalized spacial score (nSPS) is 10.2. The lowest BCUT2D eigenvalue weighted by molar-refractivity contribution is 0.632. The Kier molecular flexibility index (Phi) is 3.28. The summed E-state index contributed by atoms with van der Waals surface area (Å²) in [6.07, 6.45) is 0. The molecular weight excluding hydrogens is 215 g/mol. The molecule has 0 heterocycles. The number of rotatable bonds is 3. The summed E-state index contributed by atoms with van der Waals surface area (Å²) in [7, 11) is 1.90. The van der Waals surface area contributed by atoms with E-state index < -0.39 is 0 Å². The third-order valence-corrected chi connectivity index (χ3v) is 2.70. The van der Waals surface area contributed by atoms with Gasteiger partial charge in [0.2, 0.25) is 0 Å². The minimum atomic E-state index is -0.373. The Labute approximate surface area is 100 Å². The van der Waals surface area contributed by atoms with Gasteiger partial charge in [-0.3, -0.25) is 0 Å². The van der Waals surface area contributed by atoms with Gasteiger partial charge in [-0.05, 0) is 17.7 Å². The predicted octanol–water partition coefficient (Wildman–Crippen LogP) is 3.04. The SMILES string of the molecule is CN(Cc1ccccc1)c1cccc(F)c1N. The van der Waals surface area contributed by atoms with Crippen LogP contribution in [0.4, 0.5) is 15.8 Å². The highest BCUT2D eigenvalue weighted by molar-refractivity contribution is 5.67. The highest BCUT2D eigenvalue weighted by atomic mass is 19.1. The van der Waals surface area contributed by atoms with Gasteiger partial charge in [0.1, 0.15) is 5.82 Å². The summed E-state index contributed by atoms with van der Waals surface area (Å²) >= 11 is 0. The molecule has 0 saturated heterocycles. The van der Waals surface area contributed by atoms with Crippen molar-refractivity contribution in [2.75, 3.05) is 17.7 Å². The Morgan fingerprint density at radius 3 is 2.47 bits per heavy atom. The number of nitrogens with zero attached hydrogens (tertiary/aromatic N) is 1. The minimum absolute atomic E-state index is 0.200. The van der Waals surface area contributed by atoms with Crippen molar-refractivity contribution in [3.63, 3.8) is 0 Å². The standard InChI is InChI=1S/C14H15FN2/c1-17(10-11-6-3-2-4-7-11)13-9-5-8-12(15)14(13)16/h2-9H,10,16H2,1H3. The quantitative estimate of drug-likeness (QED) is 0.821. The number of nitrogens with two attached hydrogens (primary N) is 1. The van der Waals surface area contributed by atoms with Crippen molar-refractivity contribution in [2.45, 2.75) is 6.54 Å². The molecule has 0 bridgehead atoms. The molecule has 2 rings (SSSR count). The first-order valence-electron chi connectivity index (χ1n) is 5.47. The highest BCUT2D eigenvalue weighted by Gasteiger charge is 2.08. The summed E-state index contributed by atoms with van der Waals surface area (Å²) in [5.41, 5.74) is 7.80. The van der Waals surface area contributed by atoms with Crippen LogP contribution in [0.15, 0.2) is 48.5 Å². The largest absolute Gasteiger partial charge is 0.395 e. The monoisotopic (exact) mass is 230 g/mol. The molecule has 0 aromatic heterocycles. The van der Waals surface area contributed by atoms with Gasteiger partial charge in [0.05, 0.1) is 11.4 Å². The van der Waals surface area contributed by atoms with E-state index in [1.165, 1.54) is 11.6 Å². The summed E-state index contributed by atoms with van der Waals surface area (Å²) < 4.78 is 13.3. The van der Waals surface area contributed by atoms with Crippen LogP contribution in [0, 0.1) is 5.82 Å². The minimum Gasteiger partial charge on any atom is -0.395 e. The zero-order valence-electron chi connectivity index (χ0n) is 9.73. The van der Waals surface area contributed by atoms with Crippen LogP contribution in [0.3, 0.4) is 0 Å². The van der Waals surface area contributed by atoms with Gasteiger partial charge in [0.15, 0.2) is 0 Å². The third kappa shape index (κ3) is 2.56. The Balaban J connectivity index is 2.20. The van der Waals surface area contributed by atoms with Crippen molar-refractivity contribution in [3.05, 3.63) is 59.9 Å². The number of nitrogen functional groups attached to an aromatic ring is 1. The number of anilines is 2. The highest BCUT2D eigenvalue weighted by Crippen LogP contribution is 2.25. The third-order valence-electron chi connectivity index (χ3n) is 2.70. The van der Waals surface area contributed by atoms with E-state index in [1.54, 1.807) is 6.07 Å². The second-order valence-corrected chi connectivity index (χ2v) is 4.01. The molecule has 2 aromatic rings. The van der Waals surface area contributed by atoms with Crippen molar-refractivity contribution >= 4 is 11.4 Å². The van der Waals surface area contributed by atoms with E-state index >= 15 is 0 Å². The molecule has 0 spiro atoms. The number of para-hydroxylation sites is 1. The van der Waals surface area contributed by atoms with Gasteiger partial charge < -0.3 is 10.6 Å². The molecule has 88 valence electrons. The number of hydrogen-bond acceptors (Lipinski definition) is 2. The molecule has 0 aliphatic heterocycles. The lowest BCUT2D eigenvalue weighted by Gasteiger charge is -2.21. The van der Waals surface area contributed by atoms with Crippen molar-refractivity contribution in [2.24, 2.45) is 0 Å². The van der Waals surface area contributed by atoms with Gasteiger partial charge >= 0.3 is 0 Å². The molecule has 0 radical (unpaired) electrons. The molecule has 0 fully saturated rings. The van der Waals surface area contributed by atoms with Gasteiger partial charge in [-0.1, -0.05) is 36.4 Å². The van der Waals surface area contributed by atoms with E-state index in [4.69, 9.17) is 5.73 Å². The topological polar surface area (TPSA) is 29.3 Å². The van der Waals surface area contributed by atoms with E-state index in [0.29, 0.717) is 12.2 Å². The first-order chi connectivity index (χ1) is 8.18. The lowest BCUT2D eigenvalue weighted by Crippen LogP contribution is -2.18. The summed E-state index contributed by atoms with van der Waals surface area (Å²) in [6.45, 7) is 0.703. The molecule has 0 amide bonds. The number of benzene rings is 2. The zero-order valence-corrected chi connectivity index (χ0v) is 9.73. The fraction of sp³-hybridized carbons (Fsp3) is 0.143. The van der Waals surface area contributed by atoms with Gasteiger partial charge in [0, 0.05) is 13.6 Å². The van der Waals surface area contributed by atoms with E-state index in [-0.39, 0.29) is 11.5 Å². The van der Waals surface area contributed by atoms with E-state index in [0.717, 1.165) is 0 Å². The van der Waals surface area contributed by atoms with Crippen molar-refractivity contribution in [1.82, 2.24) is 0 Å². The molecule has 3 heteroatoms. The predicted molar refractivity (Wildman–Crippen MR) is 69.4 cm³/mol. The van der Waals surface area contributed by atoms with Gasteiger partial charge in [0.25, 0.3) is 0 Å². The molecule has 2 N–H and O–H groups in total. The average Bonchev–Trinajstić information content (AvgIpc) is 2.34. The Bertz CT molecular complexity index is 497. The average molecular weight is 230 g/mol. The van der Waals surface area contributed by atoms with Gasteiger partial charge in [-0.25, -0.2) is 4.39 Å². The Morgan fingerprint density at radius 2 is 1.76 bits per heavy atom. The fourth-order valence-electron chi connectivity index (χ4n) is 1.80. The first-order valence-corrected chi connectivity index (χ1v) is 5.47. The molecule has 0 saturated carbocycles. The first kappa shape index (κ1) is 11.5. The molecule has 0 unspecified atom stereocenters. The van der Waals surface area contributed by atoms with Crippen molar-refractivity contribution in [3.8, 4) is 0 Å². The van der Waals surface area contributed by atoms with Gasteiger partial charge in [-0.2, -0.15) is 0 Å². The maximum Gasteiger partial charge on any atom is 0.148 e. The second kappa shape index (κ2) is 4.87. The second-order valence-electron chi connectivity index (χ2n) is 4.01. The van der Waals surface area contributed by atoms with E-state index in [9.17, 15) is 4.39 Å². The van der Waals surface area contributed by atoms with Gasteiger partial charge in [-0.15, -0.1) is 0 Å². The molecule has 0 aliphatic rings. The molecule has 2 aromatic carbocycles. The maximum absolute atomic E-state index is 13.3. The molecule has 2 nitrogen and oxygen atoms in total.